The molecule has 0 aliphatic carbocycles. The highest BCUT2D eigenvalue weighted by Crippen LogP contribution is 2.30. The summed E-state index contributed by atoms with van der Waals surface area (Å²) in [5.41, 5.74) is 1.19. The number of amides is 2. The molecule has 2 fully saturated rings. The van der Waals surface area contributed by atoms with Gasteiger partial charge in [-0.15, -0.1) is 11.3 Å². The van der Waals surface area contributed by atoms with Crippen molar-refractivity contribution < 1.29 is 14.3 Å². The van der Waals surface area contributed by atoms with E-state index in [1.165, 1.54) is 10.6 Å². The summed E-state index contributed by atoms with van der Waals surface area (Å²) in [6.07, 6.45) is 3.08. The number of thiophene rings is 1. The molecular weight excluding hydrogens is 436 g/mol. The van der Waals surface area contributed by atoms with Crippen molar-refractivity contribution in [3.63, 3.8) is 0 Å². The van der Waals surface area contributed by atoms with E-state index in [1.54, 1.807) is 23.3 Å². The van der Waals surface area contributed by atoms with E-state index in [2.05, 4.69) is 38.7 Å². The van der Waals surface area contributed by atoms with Crippen LogP contribution in [0.3, 0.4) is 0 Å². The number of carbonyl (C=O) groups excluding carboxylic acids is 2. The summed E-state index contributed by atoms with van der Waals surface area (Å²) in [6, 6.07) is 12.2. The largest absolute Gasteiger partial charge is 0.497 e. The lowest BCUT2D eigenvalue weighted by Gasteiger charge is -2.42. The molecule has 1 aromatic heterocycles. The highest BCUT2D eigenvalue weighted by molar-refractivity contribution is 7.10. The first-order valence-corrected chi connectivity index (χ1v) is 12.7. The third-order valence-corrected chi connectivity index (χ3v) is 7.59. The molecule has 2 atom stereocenters. The average molecular weight is 471 g/mol. The van der Waals surface area contributed by atoms with Crippen LogP contribution in [0.1, 0.15) is 37.1 Å². The van der Waals surface area contributed by atoms with E-state index < -0.39 is 11.8 Å². The molecule has 0 saturated carbocycles. The topological polar surface area (TPSA) is 65.1 Å². The van der Waals surface area contributed by atoms with E-state index in [0.29, 0.717) is 13.1 Å². The third kappa shape index (κ3) is 5.68. The van der Waals surface area contributed by atoms with E-state index in [-0.39, 0.29) is 12.1 Å². The first-order chi connectivity index (χ1) is 16.1. The Morgan fingerprint density at radius 2 is 1.67 bits per heavy atom. The maximum atomic E-state index is 12.8. The van der Waals surface area contributed by atoms with Gasteiger partial charge in [0.15, 0.2) is 0 Å². The van der Waals surface area contributed by atoms with Gasteiger partial charge in [-0.05, 0) is 61.9 Å². The molecule has 1 aromatic carbocycles. The Morgan fingerprint density at radius 1 is 0.970 bits per heavy atom. The summed E-state index contributed by atoms with van der Waals surface area (Å²) >= 11 is 1.70. The van der Waals surface area contributed by atoms with Crippen molar-refractivity contribution in [1.82, 2.24) is 15.1 Å². The molecule has 0 unspecified atom stereocenters. The fraction of sp³-hybridized carbons (Fsp3) is 0.520. The van der Waals surface area contributed by atoms with Gasteiger partial charge in [0.2, 0.25) is 0 Å². The zero-order valence-corrected chi connectivity index (χ0v) is 20.4. The zero-order chi connectivity index (χ0) is 23.2. The van der Waals surface area contributed by atoms with Crippen molar-refractivity contribution in [2.45, 2.75) is 38.3 Å². The highest BCUT2D eigenvalue weighted by Gasteiger charge is 2.33. The summed E-state index contributed by atoms with van der Waals surface area (Å²) in [5, 5.41) is 5.10. The van der Waals surface area contributed by atoms with Crippen molar-refractivity contribution in [1.29, 1.82) is 0 Å². The van der Waals surface area contributed by atoms with Crippen LogP contribution in [0.25, 0.3) is 0 Å². The normalized spacial score (nSPS) is 19.1. The average Bonchev–Trinajstić information content (AvgIpc) is 3.39. The molecule has 1 N–H and O–H groups in total. The van der Waals surface area contributed by atoms with Crippen molar-refractivity contribution in [2.24, 2.45) is 0 Å². The van der Waals surface area contributed by atoms with Crippen molar-refractivity contribution in [3.05, 3.63) is 46.7 Å². The van der Waals surface area contributed by atoms with E-state index in [0.717, 1.165) is 51.2 Å². The molecular formula is C25H34N4O3S. The number of hydrogen-bond acceptors (Lipinski definition) is 6. The van der Waals surface area contributed by atoms with Gasteiger partial charge in [0.25, 0.3) is 0 Å². The van der Waals surface area contributed by atoms with Gasteiger partial charge in [0.05, 0.1) is 13.2 Å². The van der Waals surface area contributed by atoms with Crippen LogP contribution >= 0.6 is 11.3 Å². The number of hydrogen-bond donors (Lipinski definition) is 1. The molecule has 178 valence electrons. The van der Waals surface area contributed by atoms with Crippen LogP contribution in [0, 0.1) is 0 Å². The fourth-order valence-corrected chi connectivity index (χ4v) is 5.81. The van der Waals surface area contributed by atoms with E-state index >= 15 is 0 Å². The van der Waals surface area contributed by atoms with Gasteiger partial charge in [-0.3, -0.25) is 14.5 Å². The van der Waals surface area contributed by atoms with Crippen LogP contribution in [0.2, 0.25) is 0 Å². The van der Waals surface area contributed by atoms with Crippen LogP contribution in [0.5, 0.6) is 5.75 Å². The molecule has 3 heterocycles. The lowest BCUT2D eigenvalue weighted by atomic mass is 10.0. The molecule has 2 aliphatic heterocycles. The first kappa shape index (κ1) is 23.6. The predicted octanol–water partition coefficient (Wildman–Crippen LogP) is 3.14. The van der Waals surface area contributed by atoms with Crippen LogP contribution in [-0.2, 0) is 9.59 Å². The van der Waals surface area contributed by atoms with Crippen LogP contribution in [0.4, 0.5) is 5.69 Å². The number of rotatable bonds is 6. The van der Waals surface area contributed by atoms with Gasteiger partial charge < -0.3 is 19.9 Å². The van der Waals surface area contributed by atoms with Gasteiger partial charge in [0.1, 0.15) is 5.75 Å². The SMILES string of the molecule is COc1ccc(N2CCN([C@@H](c3cccs3)[C@@H](C)NC(=O)C(=O)N3CCCCC3)CC2)cc1. The van der Waals surface area contributed by atoms with Crippen LogP contribution in [0.15, 0.2) is 41.8 Å². The molecule has 2 saturated heterocycles. The second-order valence-electron chi connectivity index (χ2n) is 8.80. The molecule has 2 amide bonds. The van der Waals surface area contributed by atoms with Gasteiger partial charge >= 0.3 is 11.8 Å². The summed E-state index contributed by atoms with van der Waals surface area (Å²) in [7, 11) is 1.68. The number of nitrogens with zero attached hydrogens (tertiary/aromatic N) is 3. The Balaban J connectivity index is 1.40. The highest BCUT2D eigenvalue weighted by atomic mass is 32.1. The van der Waals surface area contributed by atoms with Gasteiger partial charge in [0, 0.05) is 55.9 Å². The Morgan fingerprint density at radius 3 is 2.27 bits per heavy atom. The Hall–Kier alpha value is -2.58. The Labute approximate surface area is 200 Å². The van der Waals surface area contributed by atoms with Gasteiger partial charge in [-0.25, -0.2) is 0 Å². The van der Waals surface area contributed by atoms with Crippen molar-refractivity contribution >= 4 is 28.8 Å². The second kappa shape index (κ2) is 11.0. The van der Waals surface area contributed by atoms with E-state index in [1.807, 2.05) is 25.1 Å². The summed E-state index contributed by atoms with van der Waals surface area (Å²) in [6.45, 7) is 6.96. The number of benzene rings is 1. The van der Waals surface area contributed by atoms with E-state index in [9.17, 15) is 9.59 Å². The first-order valence-electron chi connectivity index (χ1n) is 11.8. The minimum atomic E-state index is -0.483. The summed E-state index contributed by atoms with van der Waals surface area (Å²) < 4.78 is 5.27. The molecule has 0 spiro atoms. The van der Waals surface area contributed by atoms with Gasteiger partial charge in [-0.1, -0.05) is 6.07 Å². The number of methoxy groups -OCH3 is 1. The number of anilines is 1. The Kier molecular flexibility index (Phi) is 7.88. The summed E-state index contributed by atoms with van der Waals surface area (Å²) in [5.74, 6) is -0.0163. The van der Waals surface area contributed by atoms with E-state index in [4.69, 9.17) is 4.74 Å². The number of ether oxygens (including phenoxy) is 1. The quantitative estimate of drug-likeness (QED) is 0.657. The number of piperazine rings is 1. The minimum absolute atomic E-state index is 0.0427. The summed E-state index contributed by atoms with van der Waals surface area (Å²) in [4.78, 5) is 33.1. The number of nitrogens with one attached hydrogen (secondary N) is 1. The molecule has 2 aliphatic rings. The number of carbonyl (C=O) groups is 2. The molecule has 0 radical (unpaired) electrons. The van der Waals surface area contributed by atoms with Crippen molar-refractivity contribution in [2.75, 3.05) is 51.3 Å². The maximum absolute atomic E-state index is 12.8. The molecule has 2 aromatic rings. The lowest BCUT2D eigenvalue weighted by molar-refractivity contribution is -0.147. The lowest BCUT2D eigenvalue weighted by Crippen LogP contribution is -2.54. The predicted molar refractivity (Wildman–Crippen MR) is 132 cm³/mol. The molecule has 0 bridgehead atoms. The Bertz CT molecular complexity index is 904. The van der Waals surface area contributed by atoms with Gasteiger partial charge in [-0.2, -0.15) is 0 Å². The molecule has 4 rings (SSSR count). The molecule has 33 heavy (non-hydrogen) atoms. The fourth-order valence-electron chi connectivity index (χ4n) is 4.84. The van der Waals surface area contributed by atoms with Crippen LogP contribution < -0.4 is 15.0 Å². The maximum Gasteiger partial charge on any atom is 0.311 e. The smallest absolute Gasteiger partial charge is 0.311 e. The molecule has 7 nitrogen and oxygen atoms in total. The van der Waals surface area contributed by atoms with Crippen LogP contribution in [-0.4, -0.2) is 74.0 Å². The number of piperidine rings is 1. The monoisotopic (exact) mass is 470 g/mol. The molecule has 8 heteroatoms. The third-order valence-electron chi connectivity index (χ3n) is 6.65. The number of likely N-dealkylation sites (tertiary alicyclic amines) is 1. The standard InChI is InChI=1S/C25H34N4O3S/c1-19(26-24(30)25(31)29-12-4-3-5-13-29)23(22-7-6-18-33-22)28-16-14-27(15-17-28)20-8-10-21(32-2)11-9-20/h6-11,18-19,23H,3-5,12-17H2,1-2H3,(H,26,30)/t19-,23-/m1/s1. The second-order valence-corrected chi connectivity index (χ2v) is 9.78. The van der Waals surface area contributed by atoms with Crippen molar-refractivity contribution in [3.8, 4) is 5.75 Å². The minimum Gasteiger partial charge on any atom is -0.497 e. The zero-order valence-electron chi connectivity index (χ0n) is 19.5.